The standard InChI is InChI=1S/C10H13N3O2.C9H8O4/c14-13(15)10-3-1-9(2-4-10)12-7-5-11-6-8-12;1-5-2-3-6(8(10)11)4-7(5)9(12)13/h1-4,11H,5-8H2;2-4H,1H3,(H,10,11)(H,12,13). The van der Waals surface area contributed by atoms with Crippen molar-refractivity contribution in [2.75, 3.05) is 31.1 Å². The first-order valence-corrected chi connectivity index (χ1v) is 8.57. The molecule has 9 nitrogen and oxygen atoms in total. The number of anilines is 1. The molecule has 1 heterocycles. The summed E-state index contributed by atoms with van der Waals surface area (Å²) in [6.07, 6.45) is 0. The van der Waals surface area contributed by atoms with Crippen LogP contribution in [0, 0.1) is 17.0 Å². The summed E-state index contributed by atoms with van der Waals surface area (Å²) in [5.74, 6) is -2.23. The van der Waals surface area contributed by atoms with Gasteiger partial charge in [0.1, 0.15) is 0 Å². The average Bonchev–Trinajstić information content (AvgIpc) is 2.69. The van der Waals surface area contributed by atoms with Crippen molar-refractivity contribution < 1.29 is 24.7 Å². The molecule has 1 aliphatic rings. The molecule has 0 spiro atoms. The van der Waals surface area contributed by atoms with Gasteiger partial charge in [-0.05, 0) is 36.8 Å². The number of carboxylic acid groups (broad SMARTS) is 2. The van der Waals surface area contributed by atoms with Gasteiger partial charge in [-0.15, -0.1) is 0 Å². The van der Waals surface area contributed by atoms with Crippen molar-refractivity contribution in [3.63, 3.8) is 0 Å². The van der Waals surface area contributed by atoms with Crippen molar-refractivity contribution in [3.8, 4) is 0 Å². The number of hydrogen-bond donors (Lipinski definition) is 3. The number of nitrogens with zero attached hydrogens (tertiary/aromatic N) is 2. The Balaban J connectivity index is 0.000000203. The summed E-state index contributed by atoms with van der Waals surface area (Å²) in [7, 11) is 0. The van der Waals surface area contributed by atoms with E-state index in [-0.39, 0.29) is 21.7 Å². The second kappa shape index (κ2) is 9.47. The molecule has 2 aromatic carbocycles. The van der Waals surface area contributed by atoms with E-state index in [4.69, 9.17) is 10.2 Å². The van der Waals surface area contributed by atoms with Gasteiger partial charge in [-0.1, -0.05) is 6.07 Å². The van der Waals surface area contributed by atoms with Gasteiger partial charge in [0.25, 0.3) is 5.69 Å². The van der Waals surface area contributed by atoms with Gasteiger partial charge in [-0.25, -0.2) is 9.59 Å². The van der Waals surface area contributed by atoms with Crippen LogP contribution in [-0.2, 0) is 0 Å². The van der Waals surface area contributed by atoms with Crippen LogP contribution < -0.4 is 10.2 Å². The predicted octanol–water partition coefficient (Wildman–Crippen LogP) is 2.40. The number of nitrogens with one attached hydrogen (secondary N) is 1. The summed E-state index contributed by atoms with van der Waals surface area (Å²) in [6.45, 7) is 5.47. The molecular weight excluding hydrogens is 366 g/mol. The highest BCUT2D eigenvalue weighted by atomic mass is 16.6. The maximum atomic E-state index is 10.6. The van der Waals surface area contributed by atoms with Crippen LogP contribution >= 0.6 is 0 Å². The zero-order valence-electron chi connectivity index (χ0n) is 15.3. The molecule has 0 unspecified atom stereocenters. The minimum atomic E-state index is -1.12. The van der Waals surface area contributed by atoms with Crippen molar-refractivity contribution in [3.05, 3.63) is 69.3 Å². The summed E-state index contributed by atoms with van der Waals surface area (Å²) in [6, 6.07) is 10.7. The number of rotatable bonds is 4. The quantitative estimate of drug-likeness (QED) is 0.538. The highest BCUT2D eigenvalue weighted by molar-refractivity contribution is 5.94. The van der Waals surface area contributed by atoms with Crippen LogP contribution in [0.15, 0.2) is 42.5 Å². The Bertz CT molecular complexity index is 860. The van der Waals surface area contributed by atoms with Crippen molar-refractivity contribution >= 4 is 23.3 Å². The Morgan fingerprint density at radius 2 is 1.64 bits per heavy atom. The van der Waals surface area contributed by atoms with Crippen LogP contribution in [0.25, 0.3) is 0 Å². The SMILES string of the molecule is Cc1ccc(C(=O)O)cc1C(=O)O.O=[N+]([O-])c1ccc(N2CCNCC2)cc1. The second-order valence-electron chi connectivity index (χ2n) is 6.15. The maximum Gasteiger partial charge on any atom is 0.335 e. The lowest BCUT2D eigenvalue weighted by Gasteiger charge is -2.29. The van der Waals surface area contributed by atoms with E-state index >= 15 is 0 Å². The van der Waals surface area contributed by atoms with Gasteiger partial charge < -0.3 is 20.4 Å². The number of carboxylic acids is 2. The minimum absolute atomic E-state index is 0.0111. The van der Waals surface area contributed by atoms with Crippen LogP contribution in [0.3, 0.4) is 0 Å². The van der Waals surface area contributed by atoms with Crippen LogP contribution in [0.1, 0.15) is 26.3 Å². The van der Waals surface area contributed by atoms with Gasteiger partial charge in [0.05, 0.1) is 16.1 Å². The first kappa shape index (κ1) is 20.8. The number of non-ortho nitro benzene ring substituents is 1. The van der Waals surface area contributed by atoms with E-state index in [1.807, 2.05) is 12.1 Å². The lowest BCUT2D eigenvalue weighted by Crippen LogP contribution is -2.43. The number of aryl methyl sites for hydroxylation is 1. The smallest absolute Gasteiger partial charge is 0.335 e. The molecule has 148 valence electrons. The Morgan fingerprint density at radius 3 is 2.14 bits per heavy atom. The number of piperazine rings is 1. The molecule has 0 aromatic heterocycles. The van der Waals surface area contributed by atoms with E-state index in [2.05, 4.69) is 10.2 Å². The van der Waals surface area contributed by atoms with Gasteiger partial charge in [0.2, 0.25) is 0 Å². The lowest BCUT2D eigenvalue weighted by atomic mass is 10.1. The number of hydrogen-bond acceptors (Lipinski definition) is 6. The van der Waals surface area contributed by atoms with E-state index in [9.17, 15) is 19.7 Å². The van der Waals surface area contributed by atoms with Crippen LogP contribution in [0.2, 0.25) is 0 Å². The number of aromatic carboxylic acids is 2. The second-order valence-corrected chi connectivity index (χ2v) is 6.15. The fourth-order valence-corrected chi connectivity index (χ4v) is 2.69. The zero-order chi connectivity index (χ0) is 20.7. The molecule has 9 heteroatoms. The van der Waals surface area contributed by atoms with Crippen molar-refractivity contribution in [1.29, 1.82) is 0 Å². The van der Waals surface area contributed by atoms with Crippen LogP contribution in [0.4, 0.5) is 11.4 Å². The van der Waals surface area contributed by atoms with E-state index in [1.54, 1.807) is 19.1 Å². The van der Waals surface area contributed by atoms with Crippen molar-refractivity contribution in [1.82, 2.24) is 5.32 Å². The molecule has 0 bridgehead atoms. The molecule has 28 heavy (non-hydrogen) atoms. The molecule has 0 atom stereocenters. The Hall–Kier alpha value is -3.46. The lowest BCUT2D eigenvalue weighted by molar-refractivity contribution is -0.384. The monoisotopic (exact) mass is 387 g/mol. The summed E-state index contributed by atoms with van der Waals surface area (Å²) in [5.41, 5.74) is 1.77. The third kappa shape index (κ3) is 5.52. The molecular formula is C19H21N3O6. The molecule has 0 aliphatic carbocycles. The van der Waals surface area contributed by atoms with Crippen molar-refractivity contribution in [2.45, 2.75) is 6.92 Å². The highest BCUT2D eigenvalue weighted by Crippen LogP contribution is 2.19. The van der Waals surface area contributed by atoms with E-state index in [0.29, 0.717) is 5.56 Å². The van der Waals surface area contributed by atoms with Gasteiger partial charge in [-0.3, -0.25) is 10.1 Å². The molecule has 0 amide bonds. The largest absolute Gasteiger partial charge is 0.478 e. The summed E-state index contributed by atoms with van der Waals surface area (Å²) in [5, 5.41) is 31.0. The topological polar surface area (TPSA) is 133 Å². The number of carbonyl (C=O) groups is 2. The summed E-state index contributed by atoms with van der Waals surface area (Å²) < 4.78 is 0. The number of nitro groups is 1. The molecule has 1 saturated heterocycles. The highest BCUT2D eigenvalue weighted by Gasteiger charge is 2.12. The fourth-order valence-electron chi connectivity index (χ4n) is 2.69. The van der Waals surface area contributed by atoms with Crippen LogP contribution in [0.5, 0.6) is 0 Å². The predicted molar refractivity (Wildman–Crippen MR) is 103 cm³/mol. The van der Waals surface area contributed by atoms with E-state index in [1.165, 1.54) is 12.1 Å². The summed E-state index contributed by atoms with van der Waals surface area (Å²) in [4.78, 5) is 33.4. The Morgan fingerprint density at radius 1 is 1.04 bits per heavy atom. The molecule has 3 N–H and O–H groups in total. The minimum Gasteiger partial charge on any atom is -0.478 e. The maximum absolute atomic E-state index is 10.6. The molecule has 1 aliphatic heterocycles. The first-order valence-electron chi connectivity index (χ1n) is 8.57. The number of benzene rings is 2. The molecule has 0 radical (unpaired) electrons. The third-order valence-corrected chi connectivity index (χ3v) is 4.26. The zero-order valence-corrected chi connectivity index (χ0v) is 15.3. The normalized spacial score (nSPS) is 13.2. The van der Waals surface area contributed by atoms with Gasteiger partial charge in [0.15, 0.2) is 0 Å². The summed E-state index contributed by atoms with van der Waals surface area (Å²) >= 11 is 0. The fraction of sp³-hybridized carbons (Fsp3) is 0.263. The van der Waals surface area contributed by atoms with E-state index < -0.39 is 11.9 Å². The first-order chi connectivity index (χ1) is 13.3. The van der Waals surface area contributed by atoms with Gasteiger partial charge in [-0.2, -0.15) is 0 Å². The van der Waals surface area contributed by atoms with Crippen LogP contribution in [-0.4, -0.2) is 53.3 Å². The van der Waals surface area contributed by atoms with Crippen molar-refractivity contribution in [2.24, 2.45) is 0 Å². The number of nitro benzene ring substituents is 1. The molecule has 1 fully saturated rings. The molecule has 2 aromatic rings. The average molecular weight is 387 g/mol. The third-order valence-electron chi connectivity index (χ3n) is 4.26. The Kier molecular flexibility index (Phi) is 7.05. The van der Waals surface area contributed by atoms with E-state index in [0.717, 1.165) is 37.9 Å². The van der Waals surface area contributed by atoms with Gasteiger partial charge in [0, 0.05) is 44.0 Å². The Labute approximate surface area is 161 Å². The van der Waals surface area contributed by atoms with Gasteiger partial charge >= 0.3 is 11.9 Å². The molecule has 0 saturated carbocycles. The molecule has 3 rings (SSSR count).